The fourth-order valence-corrected chi connectivity index (χ4v) is 2.97. The van der Waals surface area contributed by atoms with Crippen LogP contribution in [0.1, 0.15) is 67.9 Å². The second kappa shape index (κ2) is 8.86. The fourth-order valence-electron chi connectivity index (χ4n) is 2.97. The number of carbonyl (C=O) groups is 1. The lowest BCUT2D eigenvalue weighted by Crippen LogP contribution is -2.16. The Labute approximate surface area is 155 Å². The SMILES string of the molecule is COC(=O)C(O)c1ccccc1COc1c(C(C)C)cccc1C(C)C. The smallest absolute Gasteiger partial charge is 0.339 e. The Morgan fingerprint density at radius 1 is 0.923 bits per heavy atom. The summed E-state index contributed by atoms with van der Waals surface area (Å²) in [6.07, 6.45) is -1.32. The van der Waals surface area contributed by atoms with Crippen LogP contribution < -0.4 is 4.74 Å². The van der Waals surface area contributed by atoms with Gasteiger partial charge in [-0.1, -0.05) is 70.2 Å². The van der Waals surface area contributed by atoms with Gasteiger partial charge in [-0.15, -0.1) is 0 Å². The lowest BCUT2D eigenvalue weighted by molar-refractivity contribution is -0.150. The van der Waals surface area contributed by atoms with Crippen molar-refractivity contribution in [1.82, 2.24) is 0 Å². The Bertz CT molecular complexity index is 723. The molecule has 0 aliphatic heterocycles. The number of aliphatic hydroxyl groups excluding tert-OH is 1. The van der Waals surface area contributed by atoms with Crippen LogP contribution in [0, 0.1) is 0 Å². The number of rotatable bonds is 7. The summed E-state index contributed by atoms with van der Waals surface area (Å²) in [4.78, 5) is 11.7. The van der Waals surface area contributed by atoms with Gasteiger partial charge in [-0.05, 0) is 34.1 Å². The van der Waals surface area contributed by atoms with Gasteiger partial charge in [-0.3, -0.25) is 0 Å². The minimum absolute atomic E-state index is 0.272. The van der Waals surface area contributed by atoms with Gasteiger partial charge in [0.2, 0.25) is 0 Å². The molecule has 0 amide bonds. The van der Waals surface area contributed by atoms with Crippen molar-refractivity contribution in [2.75, 3.05) is 7.11 Å². The number of hydrogen-bond acceptors (Lipinski definition) is 4. The van der Waals surface area contributed by atoms with E-state index in [9.17, 15) is 9.90 Å². The molecule has 0 fully saturated rings. The van der Waals surface area contributed by atoms with Crippen LogP contribution in [0.25, 0.3) is 0 Å². The molecular formula is C22H28O4. The van der Waals surface area contributed by atoms with Gasteiger partial charge in [0.15, 0.2) is 6.10 Å². The Kier molecular flexibility index (Phi) is 6.81. The Morgan fingerprint density at radius 2 is 1.46 bits per heavy atom. The molecule has 140 valence electrons. The summed E-state index contributed by atoms with van der Waals surface area (Å²) in [5.41, 5.74) is 3.58. The topological polar surface area (TPSA) is 55.8 Å². The summed E-state index contributed by atoms with van der Waals surface area (Å²) >= 11 is 0. The zero-order valence-corrected chi connectivity index (χ0v) is 16.2. The Morgan fingerprint density at radius 3 is 2.00 bits per heavy atom. The van der Waals surface area contributed by atoms with Crippen molar-refractivity contribution >= 4 is 5.97 Å². The monoisotopic (exact) mass is 356 g/mol. The molecule has 0 heterocycles. The molecule has 0 aliphatic carbocycles. The number of hydrogen-bond donors (Lipinski definition) is 1. The van der Waals surface area contributed by atoms with Crippen LogP contribution in [0.3, 0.4) is 0 Å². The average Bonchev–Trinajstić information content (AvgIpc) is 2.64. The van der Waals surface area contributed by atoms with E-state index in [0.29, 0.717) is 17.4 Å². The highest BCUT2D eigenvalue weighted by atomic mass is 16.5. The third-order valence-corrected chi connectivity index (χ3v) is 4.47. The third-order valence-electron chi connectivity index (χ3n) is 4.47. The zero-order valence-electron chi connectivity index (χ0n) is 16.2. The van der Waals surface area contributed by atoms with Gasteiger partial charge < -0.3 is 14.6 Å². The maximum Gasteiger partial charge on any atom is 0.339 e. The fraction of sp³-hybridized carbons (Fsp3) is 0.409. The van der Waals surface area contributed by atoms with Gasteiger partial charge in [0.1, 0.15) is 12.4 Å². The average molecular weight is 356 g/mol. The van der Waals surface area contributed by atoms with Crippen LogP contribution in [0.4, 0.5) is 0 Å². The number of carbonyl (C=O) groups excluding carboxylic acids is 1. The van der Waals surface area contributed by atoms with Crippen molar-refractivity contribution in [3.05, 3.63) is 64.7 Å². The molecule has 0 saturated carbocycles. The molecule has 4 heteroatoms. The molecule has 0 aromatic heterocycles. The Hall–Kier alpha value is -2.33. The van der Waals surface area contributed by atoms with E-state index in [2.05, 4.69) is 50.6 Å². The van der Waals surface area contributed by atoms with Crippen molar-refractivity contribution in [3.8, 4) is 5.75 Å². The standard InChI is InChI=1S/C22H28O4/c1-14(2)17-11-8-12-18(15(3)4)21(17)26-13-16-9-6-7-10-19(16)20(23)22(24)25-5/h6-12,14-15,20,23H,13H2,1-5H3. The first kappa shape index (κ1) is 20.0. The molecule has 0 saturated heterocycles. The van der Waals surface area contributed by atoms with Gasteiger partial charge in [-0.25, -0.2) is 4.79 Å². The largest absolute Gasteiger partial charge is 0.488 e. The number of esters is 1. The maximum atomic E-state index is 11.7. The first-order valence-corrected chi connectivity index (χ1v) is 8.96. The van der Waals surface area contributed by atoms with E-state index in [1.807, 2.05) is 12.1 Å². The van der Waals surface area contributed by atoms with Crippen LogP contribution in [-0.2, 0) is 16.1 Å². The Balaban J connectivity index is 2.34. The second-order valence-electron chi connectivity index (χ2n) is 6.99. The summed E-state index contributed by atoms with van der Waals surface area (Å²) < 4.78 is 10.9. The van der Waals surface area contributed by atoms with E-state index in [4.69, 9.17) is 4.74 Å². The van der Waals surface area contributed by atoms with Gasteiger partial charge in [0.05, 0.1) is 7.11 Å². The summed E-state index contributed by atoms with van der Waals surface area (Å²) in [6, 6.07) is 13.5. The summed E-state index contributed by atoms with van der Waals surface area (Å²) in [5.74, 6) is 0.877. The first-order chi connectivity index (χ1) is 12.4. The van der Waals surface area contributed by atoms with Crippen molar-refractivity contribution in [2.24, 2.45) is 0 Å². The molecule has 0 bridgehead atoms. The van der Waals surface area contributed by atoms with Crippen LogP contribution in [0.5, 0.6) is 5.75 Å². The van der Waals surface area contributed by atoms with Crippen LogP contribution >= 0.6 is 0 Å². The summed E-state index contributed by atoms with van der Waals surface area (Å²) in [5, 5.41) is 10.2. The summed E-state index contributed by atoms with van der Waals surface area (Å²) in [6.45, 7) is 8.83. The van der Waals surface area contributed by atoms with E-state index in [0.717, 1.165) is 22.4 Å². The minimum Gasteiger partial charge on any atom is -0.488 e. The molecular weight excluding hydrogens is 328 g/mol. The highest BCUT2D eigenvalue weighted by molar-refractivity contribution is 5.76. The van der Waals surface area contributed by atoms with Crippen molar-refractivity contribution in [3.63, 3.8) is 0 Å². The number of methoxy groups -OCH3 is 1. The van der Waals surface area contributed by atoms with Crippen LogP contribution in [0.2, 0.25) is 0 Å². The third kappa shape index (κ3) is 4.44. The van der Waals surface area contributed by atoms with Gasteiger partial charge in [0, 0.05) is 0 Å². The van der Waals surface area contributed by atoms with Gasteiger partial charge in [0.25, 0.3) is 0 Å². The number of benzene rings is 2. The van der Waals surface area contributed by atoms with Crippen molar-refractivity contribution < 1.29 is 19.4 Å². The molecule has 0 aliphatic rings. The molecule has 26 heavy (non-hydrogen) atoms. The quantitative estimate of drug-likeness (QED) is 0.730. The van der Waals surface area contributed by atoms with E-state index in [1.165, 1.54) is 7.11 Å². The van der Waals surface area contributed by atoms with Crippen molar-refractivity contribution in [2.45, 2.75) is 52.2 Å². The lowest BCUT2D eigenvalue weighted by Gasteiger charge is -2.21. The second-order valence-corrected chi connectivity index (χ2v) is 6.99. The first-order valence-electron chi connectivity index (χ1n) is 8.96. The van der Waals surface area contributed by atoms with Crippen LogP contribution in [-0.4, -0.2) is 18.2 Å². The van der Waals surface area contributed by atoms with E-state index in [-0.39, 0.29) is 6.61 Å². The van der Waals surface area contributed by atoms with Crippen LogP contribution in [0.15, 0.2) is 42.5 Å². The van der Waals surface area contributed by atoms with Crippen molar-refractivity contribution in [1.29, 1.82) is 0 Å². The molecule has 1 unspecified atom stereocenters. The van der Waals surface area contributed by atoms with E-state index in [1.54, 1.807) is 12.1 Å². The van der Waals surface area contributed by atoms with Gasteiger partial charge >= 0.3 is 5.97 Å². The highest BCUT2D eigenvalue weighted by Gasteiger charge is 2.22. The van der Waals surface area contributed by atoms with E-state index < -0.39 is 12.1 Å². The molecule has 2 aromatic carbocycles. The van der Waals surface area contributed by atoms with E-state index >= 15 is 0 Å². The predicted molar refractivity (Wildman–Crippen MR) is 102 cm³/mol. The number of para-hydroxylation sites is 1. The molecule has 0 radical (unpaired) electrons. The highest BCUT2D eigenvalue weighted by Crippen LogP contribution is 2.35. The normalized spacial score (nSPS) is 12.3. The lowest BCUT2D eigenvalue weighted by atomic mass is 9.94. The number of ether oxygens (including phenoxy) is 2. The molecule has 1 N–H and O–H groups in total. The predicted octanol–water partition coefficient (Wildman–Crippen LogP) is 4.72. The molecule has 4 nitrogen and oxygen atoms in total. The molecule has 2 rings (SSSR count). The molecule has 1 atom stereocenters. The molecule has 2 aromatic rings. The molecule has 0 spiro atoms. The van der Waals surface area contributed by atoms with Gasteiger partial charge in [-0.2, -0.15) is 0 Å². The zero-order chi connectivity index (χ0) is 19.3. The maximum absolute atomic E-state index is 11.7. The minimum atomic E-state index is -1.32. The number of aliphatic hydroxyl groups is 1. The summed E-state index contributed by atoms with van der Waals surface area (Å²) in [7, 11) is 1.26.